The van der Waals surface area contributed by atoms with Gasteiger partial charge in [-0.2, -0.15) is 0 Å². The third-order valence-electron chi connectivity index (χ3n) is 2.39. The molecular formula is C11H17N3O2. The molecule has 3 N–H and O–H groups in total. The lowest BCUT2D eigenvalue weighted by Crippen LogP contribution is -2.17. The average molecular weight is 223 g/mol. The highest BCUT2D eigenvalue weighted by Crippen LogP contribution is 2.14. The zero-order valence-corrected chi connectivity index (χ0v) is 9.44. The van der Waals surface area contributed by atoms with E-state index in [9.17, 15) is 4.79 Å². The molecule has 16 heavy (non-hydrogen) atoms. The minimum atomic E-state index is -1.14. The molecule has 1 fully saturated rings. The number of carbonyl (C=O) groups is 1. The van der Waals surface area contributed by atoms with Gasteiger partial charge in [-0.1, -0.05) is 6.58 Å². The lowest BCUT2D eigenvalue weighted by Gasteiger charge is -2.16. The fourth-order valence-corrected chi connectivity index (χ4v) is 1.57. The van der Waals surface area contributed by atoms with Gasteiger partial charge < -0.3 is 15.7 Å². The Bertz CT molecular complexity index is 352. The van der Waals surface area contributed by atoms with Crippen molar-refractivity contribution < 1.29 is 9.90 Å². The highest BCUT2D eigenvalue weighted by Gasteiger charge is 2.12. The molecule has 0 aromatic carbocycles. The van der Waals surface area contributed by atoms with Crippen LogP contribution in [0, 0.1) is 0 Å². The highest BCUT2D eigenvalue weighted by atomic mass is 16.4. The van der Waals surface area contributed by atoms with Crippen molar-refractivity contribution in [3.05, 3.63) is 24.2 Å². The molecule has 5 heteroatoms. The normalized spacial score (nSPS) is 17.7. The zero-order chi connectivity index (χ0) is 12.1. The molecule has 1 rings (SSSR count). The standard InChI is InChI=1S/C11H17N3O2/c1-8(7-10(12)11(15)16)13-9(2)14-5-3-4-6-14/h7H,2-6,12H2,1H3,(H,15,16)/b10-7-,13-8-. The van der Waals surface area contributed by atoms with E-state index in [0.717, 1.165) is 25.9 Å². The van der Waals surface area contributed by atoms with Crippen LogP contribution in [0.3, 0.4) is 0 Å². The molecule has 0 atom stereocenters. The van der Waals surface area contributed by atoms with Crippen LogP contribution in [-0.4, -0.2) is 34.8 Å². The summed E-state index contributed by atoms with van der Waals surface area (Å²) in [7, 11) is 0. The Morgan fingerprint density at radius 2 is 2.06 bits per heavy atom. The summed E-state index contributed by atoms with van der Waals surface area (Å²) in [6, 6.07) is 0. The van der Waals surface area contributed by atoms with Gasteiger partial charge in [-0.25, -0.2) is 9.79 Å². The Kier molecular flexibility index (Phi) is 4.10. The fourth-order valence-electron chi connectivity index (χ4n) is 1.57. The van der Waals surface area contributed by atoms with Crippen LogP contribution in [0.1, 0.15) is 19.8 Å². The number of nitrogens with zero attached hydrogens (tertiary/aromatic N) is 2. The molecule has 0 aliphatic carbocycles. The third kappa shape index (κ3) is 3.42. The van der Waals surface area contributed by atoms with E-state index in [4.69, 9.17) is 10.8 Å². The first-order chi connectivity index (χ1) is 7.50. The summed E-state index contributed by atoms with van der Waals surface area (Å²) in [6.45, 7) is 7.49. The van der Waals surface area contributed by atoms with Gasteiger partial charge in [0.2, 0.25) is 0 Å². The summed E-state index contributed by atoms with van der Waals surface area (Å²) >= 11 is 0. The number of hydrogen-bond donors (Lipinski definition) is 2. The molecule has 1 aliphatic rings. The number of hydrogen-bond acceptors (Lipinski definition) is 4. The van der Waals surface area contributed by atoms with E-state index in [1.54, 1.807) is 6.92 Å². The third-order valence-corrected chi connectivity index (χ3v) is 2.39. The van der Waals surface area contributed by atoms with Gasteiger partial charge in [-0.05, 0) is 25.8 Å². The van der Waals surface area contributed by atoms with Crippen LogP contribution in [0.25, 0.3) is 0 Å². The average Bonchev–Trinajstić information content (AvgIpc) is 2.69. The van der Waals surface area contributed by atoms with Gasteiger partial charge in [0.1, 0.15) is 11.5 Å². The Morgan fingerprint density at radius 1 is 1.50 bits per heavy atom. The van der Waals surface area contributed by atoms with Crippen molar-refractivity contribution in [2.45, 2.75) is 19.8 Å². The van der Waals surface area contributed by atoms with Gasteiger partial charge in [0.05, 0.1) is 0 Å². The molecule has 1 aliphatic heterocycles. The molecule has 0 bridgehead atoms. The van der Waals surface area contributed by atoms with Crippen molar-refractivity contribution in [3.8, 4) is 0 Å². The minimum absolute atomic E-state index is 0.213. The highest BCUT2D eigenvalue weighted by molar-refractivity contribution is 6.00. The molecule has 0 radical (unpaired) electrons. The topological polar surface area (TPSA) is 78.9 Å². The summed E-state index contributed by atoms with van der Waals surface area (Å²) in [5, 5.41) is 8.60. The van der Waals surface area contributed by atoms with Gasteiger partial charge >= 0.3 is 5.97 Å². The first-order valence-electron chi connectivity index (χ1n) is 5.20. The van der Waals surface area contributed by atoms with Crippen LogP contribution < -0.4 is 5.73 Å². The van der Waals surface area contributed by atoms with Gasteiger partial charge in [-0.15, -0.1) is 0 Å². The van der Waals surface area contributed by atoms with Crippen LogP contribution in [0.4, 0.5) is 0 Å². The van der Waals surface area contributed by atoms with Gasteiger partial charge in [0.25, 0.3) is 0 Å². The van der Waals surface area contributed by atoms with E-state index in [-0.39, 0.29) is 5.70 Å². The second kappa shape index (κ2) is 5.34. The monoisotopic (exact) mass is 223 g/mol. The number of aliphatic imine (C=N–C) groups is 1. The van der Waals surface area contributed by atoms with Gasteiger partial charge in [0, 0.05) is 18.8 Å². The quantitative estimate of drug-likeness (QED) is 0.549. The number of aliphatic carboxylic acids is 1. The molecule has 1 heterocycles. The largest absolute Gasteiger partial charge is 0.477 e. The smallest absolute Gasteiger partial charge is 0.351 e. The van der Waals surface area contributed by atoms with Crippen LogP contribution in [-0.2, 0) is 4.79 Å². The van der Waals surface area contributed by atoms with Gasteiger partial charge in [-0.3, -0.25) is 0 Å². The molecule has 0 aromatic heterocycles. The van der Waals surface area contributed by atoms with E-state index >= 15 is 0 Å². The van der Waals surface area contributed by atoms with E-state index in [1.807, 2.05) is 0 Å². The molecule has 0 amide bonds. The van der Waals surface area contributed by atoms with Crippen molar-refractivity contribution in [2.75, 3.05) is 13.1 Å². The lowest BCUT2D eigenvalue weighted by molar-refractivity contribution is -0.132. The SMILES string of the molecule is C=C(/N=C(C)\C=C(/N)C(=O)O)N1CCCC1. The molecule has 1 saturated heterocycles. The first-order valence-corrected chi connectivity index (χ1v) is 5.20. The van der Waals surface area contributed by atoms with E-state index in [0.29, 0.717) is 11.5 Å². The summed E-state index contributed by atoms with van der Waals surface area (Å²) in [4.78, 5) is 16.8. The van der Waals surface area contributed by atoms with Crippen molar-refractivity contribution in [2.24, 2.45) is 10.7 Å². The maximum Gasteiger partial charge on any atom is 0.351 e. The van der Waals surface area contributed by atoms with E-state index in [1.165, 1.54) is 6.08 Å². The van der Waals surface area contributed by atoms with E-state index in [2.05, 4.69) is 16.5 Å². The second-order valence-corrected chi connectivity index (χ2v) is 3.77. The molecular weight excluding hydrogens is 206 g/mol. The lowest BCUT2D eigenvalue weighted by atomic mass is 10.3. The minimum Gasteiger partial charge on any atom is -0.477 e. The molecule has 0 saturated carbocycles. The Balaban J connectivity index is 2.65. The number of rotatable bonds is 4. The van der Waals surface area contributed by atoms with Crippen molar-refractivity contribution in [1.82, 2.24) is 4.90 Å². The molecule has 88 valence electrons. The summed E-state index contributed by atoms with van der Waals surface area (Å²) in [6.07, 6.45) is 3.64. The summed E-state index contributed by atoms with van der Waals surface area (Å²) < 4.78 is 0. The Labute approximate surface area is 95.0 Å². The zero-order valence-electron chi connectivity index (χ0n) is 9.44. The van der Waals surface area contributed by atoms with Gasteiger partial charge in [0.15, 0.2) is 0 Å². The predicted molar refractivity (Wildman–Crippen MR) is 63.0 cm³/mol. The van der Waals surface area contributed by atoms with Crippen LogP contribution >= 0.6 is 0 Å². The fraction of sp³-hybridized carbons (Fsp3) is 0.455. The van der Waals surface area contributed by atoms with Crippen LogP contribution in [0.15, 0.2) is 29.2 Å². The number of allylic oxidation sites excluding steroid dienone is 1. The molecule has 0 unspecified atom stereocenters. The van der Waals surface area contributed by atoms with E-state index < -0.39 is 5.97 Å². The first kappa shape index (κ1) is 12.3. The number of carboxylic acid groups (broad SMARTS) is 1. The molecule has 0 aromatic rings. The Morgan fingerprint density at radius 3 is 2.56 bits per heavy atom. The second-order valence-electron chi connectivity index (χ2n) is 3.77. The maximum atomic E-state index is 10.5. The number of nitrogens with two attached hydrogens (primary N) is 1. The van der Waals surface area contributed by atoms with Crippen molar-refractivity contribution in [1.29, 1.82) is 0 Å². The van der Waals surface area contributed by atoms with Crippen LogP contribution in [0.2, 0.25) is 0 Å². The maximum absolute atomic E-state index is 10.5. The summed E-state index contributed by atoms with van der Waals surface area (Å²) in [5.41, 5.74) is 5.62. The molecule has 5 nitrogen and oxygen atoms in total. The van der Waals surface area contributed by atoms with Crippen molar-refractivity contribution >= 4 is 11.7 Å². The van der Waals surface area contributed by atoms with Crippen molar-refractivity contribution in [3.63, 3.8) is 0 Å². The number of likely N-dealkylation sites (tertiary alicyclic amines) is 1. The molecule has 0 spiro atoms. The van der Waals surface area contributed by atoms with Crippen LogP contribution in [0.5, 0.6) is 0 Å². The Hall–Kier alpha value is -1.78. The predicted octanol–water partition coefficient (Wildman–Crippen LogP) is 0.942. The summed E-state index contributed by atoms with van der Waals surface area (Å²) in [5.74, 6) is -0.467. The number of carboxylic acids is 1.